The van der Waals surface area contributed by atoms with Crippen LogP contribution in [-0.2, 0) is 17.8 Å². The molecule has 0 atom stereocenters. The Balaban J connectivity index is 1.81. The highest BCUT2D eigenvalue weighted by Gasteiger charge is 2.06. The molecular weight excluding hydrogens is 314 g/mol. The van der Waals surface area contributed by atoms with E-state index in [0.717, 1.165) is 17.7 Å². The second-order valence-corrected chi connectivity index (χ2v) is 5.99. The Morgan fingerprint density at radius 3 is 2.48 bits per heavy atom. The van der Waals surface area contributed by atoms with Crippen molar-refractivity contribution in [2.24, 2.45) is 0 Å². The molecule has 0 heterocycles. The minimum Gasteiger partial charge on any atom is -0.378 e. The first kappa shape index (κ1) is 18.8. The third kappa shape index (κ3) is 6.12. The molecule has 25 heavy (non-hydrogen) atoms. The molecule has 5 nitrogen and oxygen atoms in total. The number of ether oxygens (including phenoxy) is 1. The van der Waals surface area contributed by atoms with Crippen LogP contribution in [0.4, 0.5) is 16.2 Å². The van der Waals surface area contributed by atoms with Gasteiger partial charge in [0, 0.05) is 44.2 Å². The number of para-hydroxylation sites is 1. The van der Waals surface area contributed by atoms with Gasteiger partial charge in [-0.3, -0.25) is 0 Å². The van der Waals surface area contributed by atoms with Crippen LogP contribution in [-0.4, -0.2) is 33.3 Å². The molecule has 2 N–H and O–H groups in total. The monoisotopic (exact) mass is 341 g/mol. The van der Waals surface area contributed by atoms with E-state index >= 15 is 0 Å². The highest BCUT2D eigenvalue weighted by Crippen LogP contribution is 2.16. The van der Waals surface area contributed by atoms with Crippen LogP contribution < -0.4 is 15.5 Å². The first-order valence-electron chi connectivity index (χ1n) is 8.57. The highest BCUT2D eigenvalue weighted by molar-refractivity contribution is 5.90. The van der Waals surface area contributed by atoms with Crippen molar-refractivity contribution in [1.29, 1.82) is 0 Å². The van der Waals surface area contributed by atoms with Crippen molar-refractivity contribution >= 4 is 17.4 Å². The largest absolute Gasteiger partial charge is 0.378 e. The van der Waals surface area contributed by atoms with Crippen LogP contribution in [0, 0.1) is 0 Å². The summed E-state index contributed by atoms with van der Waals surface area (Å²) in [5.74, 6) is 0. The quantitative estimate of drug-likeness (QED) is 0.770. The molecule has 0 radical (unpaired) electrons. The lowest BCUT2D eigenvalue weighted by atomic mass is 10.1. The zero-order chi connectivity index (χ0) is 18.1. The molecule has 0 aliphatic rings. The molecule has 0 aromatic heterocycles. The van der Waals surface area contributed by atoms with Gasteiger partial charge in [-0.25, -0.2) is 4.79 Å². The van der Waals surface area contributed by atoms with E-state index in [1.807, 2.05) is 45.3 Å². The maximum atomic E-state index is 12.1. The summed E-state index contributed by atoms with van der Waals surface area (Å²) in [4.78, 5) is 14.2. The van der Waals surface area contributed by atoms with E-state index in [2.05, 4.69) is 39.8 Å². The van der Waals surface area contributed by atoms with Crippen LogP contribution in [0.1, 0.15) is 18.1 Å². The number of hydrogen-bond donors (Lipinski definition) is 2. The fourth-order valence-corrected chi connectivity index (χ4v) is 2.43. The molecule has 0 bridgehead atoms. The molecule has 5 heteroatoms. The summed E-state index contributed by atoms with van der Waals surface area (Å²) in [5, 5.41) is 5.79. The Bertz CT molecular complexity index is 669. The average molecular weight is 341 g/mol. The smallest absolute Gasteiger partial charge is 0.319 e. The van der Waals surface area contributed by atoms with Crippen LogP contribution in [0.15, 0.2) is 48.5 Å². The van der Waals surface area contributed by atoms with E-state index in [4.69, 9.17) is 4.74 Å². The fraction of sp³-hybridized carbons (Fsp3) is 0.350. The molecule has 2 aromatic carbocycles. The zero-order valence-corrected chi connectivity index (χ0v) is 15.2. The van der Waals surface area contributed by atoms with Crippen LogP contribution in [0.25, 0.3) is 0 Å². The van der Waals surface area contributed by atoms with Crippen LogP contribution >= 0.6 is 0 Å². The van der Waals surface area contributed by atoms with Gasteiger partial charge < -0.3 is 20.3 Å². The first-order chi connectivity index (χ1) is 12.1. The molecule has 0 unspecified atom stereocenters. The van der Waals surface area contributed by atoms with Gasteiger partial charge in [-0.15, -0.1) is 0 Å². The lowest BCUT2D eigenvalue weighted by Crippen LogP contribution is -2.30. The minimum absolute atomic E-state index is 0.200. The van der Waals surface area contributed by atoms with E-state index in [1.165, 1.54) is 11.3 Å². The number of urea groups is 1. The minimum atomic E-state index is -0.200. The number of hydrogen-bond acceptors (Lipinski definition) is 3. The lowest BCUT2D eigenvalue weighted by molar-refractivity contribution is 0.134. The Morgan fingerprint density at radius 2 is 1.80 bits per heavy atom. The third-order valence-corrected chi connectivity index (χ3v) is 3.88. The number of nitrogens with one attached hydrogen (secondary N) is 2. The van der Waals surface area contributed by atoms with Gasteiger partial charge in [0.25, 0.3) is 0 Å². The molecule has 0 aliphatic carbocycles. The molecule has 0 aliphatic heterocycles. The second kappa shape index (κ2) is 9.69. The molecule has 0 saturated heterocycles. The Hall–Kier alpha value is -2.53. The van der Waals surface area contributed by atoms with Crippen LogP contribution in [0.5, 0.6) is 0 Å². The number of rotatable bonds is 8. The number of benzene rings is 2. The summed E-state index contributed by atoms with van der Waals surface area (Å²) in [6.45, 7) is 3.67. The standard InChI is InChI=1S/C20H27N3O2/c1-4-25-15-17-7-5-6-8-19(17)22-20(24)21-14-13-16-9-11-18(12-10-16)23(2)3/h5-12H,4,13-15H2,1-3H3,(H2,21,22,24). The molecule has 0 spiro atoms. The van der Waals surface area contributed by atoms with Gasteiger partial charge in [-0.05, 0) is 37.1 Å². The number of amides is 2. The van der Waals surface area contributed by atoms with Gasteiger partial charge in [-0.2, -0.15) is 0 Å². The third-order valence-electron chi connectivity index (χ3n) is 3.88. The van der Waals surface area contributed by atoms with E-state index in [0.29, 0.717) is 19.8 Å². The van der Waals surface area contributed by atoms with Gasteiger partial charge in [0.05, 0.1) is 6.61 Å². The summed E-state index contributed by atoms with van der Waals surface area (Å²) in [6, 6.07) is 15.8. The summed E-state index contributed by atoms with van der Waals surface area (Å²) >= 11 is 0. The summed E-state index contributed by atoms with van der Waals surface area (Å²) in [7, 11) is 4.04. The van der Waals surface area contributed by atoms with E-state index in [9.17, 15) is 4.79 Å². The predicted octanol–water partition coefficient (Wildman–Crippen LogP) is 3.65. The van der Waals surface area contributed by atoms with Crippen molar-refractivity contribution in [2.75, 3.05) is 37.5 Å². The molecule has 2 amide bonds. The Morgan fingerprint density at radius 1 is 1.08 bits per heavy atom. The summed E-state index contributed by atoms with van der Waals surface area (Å²) in [5.41, 5.74) is 4.12. The molecule has 0 saturated carbocycles. The van der Waals surface area contributed by atoms with Crippen molar-refractivity contribution in [2.45, 2.75) is 20.0 Å². The van der Waals surface area contributed by atoms with E-state index in [-0.39, 0.29) is 6.03 Å². The maximum absolute atomic E-state index is 12.1. The Labute approximate surface area is 150 Å². The number of anilines is 2. The van der Waals surface area contributed by atoms with Crippen molar-refractivity contribution in [3.63, 3.8) is 0 Å². The molecule has 2 rings (SSSR count). The second-order valence-electron chi connectivity index (χ2n) is 5.99. The lowest BCUT2D eigenvalue weighted by Gasteiger charge is -2.13. The molecule has 0 fully saturated rings. The van der Waals surface area contributed by atoms with Gasteiger partial charge in [0.2, 0.25) is 0 Å². The molecule has 134 valence electrons. The SMILES string of the molecule is CCOCc1ccccc1NC(=O)NCCc1ccc(N(C)C)cc1. The Kier molecular flexibility index (Phi) is 7.29. The topological polar surface area (TPSA) is 53.6 Å². The first-order valence-corrected chi connectivity index (χ1v) is 8.57. The molecule has 2 aromatic rings. The van der Waals surface area contributed by atoms with Crippen LogP contribution in [0.3, 0.4) is 0 Å². The highest BCUT2D eigenvalue weighted by atomic mass is 16.5. The van der Waals surface area contributed by atoms with E-state index in [1.54, 1.807) is 0 Å². The zero-order valence-electron chi connectivity index (χ0n) is 15.2. The van der Waals surface area contributed by atoms with Gasteiger partial charge in [-0.1, -0.05) is 30.3 Å². The van der Waals surface area contributed by atoms with Gasteiger partial charge >= 0.3 is 6.03 Å². The maximum Gasteiger partial charge on any atom is 0.319 e. The number of nitrogens with zero attached hydrogens (tertiary/aromatic N) is 1. The van der Waals surface area contributed by atoms with Crippen LogP contribution in [0.2, 0.25) is 0 Å². The fourth-order valence-electron chi connectivity index (χ4n) is 2.43. The van der Waals surface area contributed by atoms with Gasteiger partial charge in [0.15, 0.2) is 0 Å². The van der Waals surface area contributed by atoms with Crippen molar-refractivity contribution in [1.82, 2.24) is 5.32 Å². The number of carbonyl (C=O) groups is 1. The summed E-state index contributed by atoms with van der Waals surface area (Å²) < 4.78 is 5.43. The van der Waals surface area contributed by atoms with Crippen molar-refractivity contribution in [3.8, 4) is 0 Å². The van der Waals surface area contributed by atoms with Gasteiger partial charge in [0.1, 0.15) is 0 Å². The summed E-state index contributed by atoms with van der Waals surface area (Å²) in [6.07, 6.45) is 0.793. The normalized spacial score (nSPS) is 10.4. The average Bonchev–Trinajstić information content (AvgIpc) is 2.61. The van der Waals surface area contributed by atoms with Crippen molar-refractivity contribution in [3.05, 3.63) is 59.7 Å². The predicted molar refractivity (Wildman–Crippen MR) is 103 cm³/mol. The van der Waals surface area contributed by atoms with E-state index < -0.39 is 0 Å². The number of carbonyl (C=O) groups excluding carboxylic acids is 1. The molecular formula is C20H27N3O2. The van der Waals surface area contributed by atoms with Crippen molar-refractivity contribution < 1.29 is 9.53 Å².